The molecule has 168 valence electrons. The van der Waals surface area contributed by atoms with Crippen LogP contribution in [-0.2, 0) is 23.5 Å². The summed E-state index contributed by atoms with van der Waals surface area (Å²) < 4.78 is 29.2. The van der Waals surface area contributed by atoms with E-state index in [9.17, 15) is 18.5 Å². The van der Waals surface area contributed by atoms with E-state index >= 15 is 0 Å². The second kappa shape index (κ2) is 8.56. The van der Waals surface area contributed by atoms with Gasteiger partial charge in [0.05, 0.1) is 16.0 Å². The minimum absolute atomic E-state index is 0.0152. The number of nitro benzene ring substituents is 1. The number of sulfonamides is 1. The van der Waals surface area contributed by atoms with E-state index < -0.39 is 14.9 Å². The van der Waals surface area contributed by atoms with Gasteiger partial charge in [0.25, 0.3) is 5.69 Å². The predicted molar refractivity (Wildman–Crippen MR) is 117 cm³/mol. The van der Waals surface area contributed by atoms with E-state index in [0.717, 1.165) is 18.4 Å². The number of anilines is 1. The first-order valence-electron chi connectivity index (χ1n) is 10.4. The van der Waals surface area contributed by atoms with Crippen LogP contribution in [0, 0.1) is 16.0 Å². The molecule has 1 aromatic carbocycles. The number of nitro groups is 1. The predicted octanol–water partition coefficient (Wildman–Crippen LogP) is 1.33. The summed E-state index contributed by atoms with van der Waals surface area (Å²) in [5.41, 5.74) is 1.48. The fourth-order valence-corrected chi connectivity index (χ4v) is 5.83. The Hall–Kier alpha value is -2.50. The second-order valence-corrected chi connectivity index (χ2v) is 10.4. The monoisotopic (exact) mass is 448 g/mol. The standard InChI is InChI=1S/C20H28N6O4S/c1-22-7-9-25(10-8-22)31(29,30)18-3-4-19(20(12-18)26(27)28)24-6-5-16(15-24)11-17-13-21-23(2)14-17/h3-4,12-14,16H,5-11,15H2,1-2H3. The molecule has 11 heteroatoms. The lowest BCUT2D eigenvalue weighted by Crippen LogP contribution is -2.47. The van der Waals surface area contributed by atoms with Crippen molar-refractivity contribution in [1.82, 2.24) is 19.0 Å². The molecule has 0 aliphatic carbocycles. The number of nitrogens with zero attached hydrogens (tertiary/aromatic N) is 6. The van der Waals surface area contributed by atoms with Gasteiger partial charge in [-0.15, -0.1) is 0 Å². The van der Waals surface area contributed by atoms with Crippen molar-refractivity contribution in [2.45, 2.75) is 17.7 Å². The topological polar surface area (TPSA) is 105 Å². The average molecular weight is 449 g/mol. The van der Waals surface area contributed by atoms with Crippen LogP contribution in [0.5, 0.6) is 0 Å². The first-order chi connectivity index (χ1) is 14.7. The summed E-state index contributed by atoms with van der Waals surface area (Å²) in [6, 6.07) is 4.31. The first kappa shape index (κ1) is 21.7. The highest BCUT2D eigenvalue weighted by molar-refractivity contribution is 7.89. The van der Waals surface area contributed by atoms with Crippen molar-refractivity contribution >= 4 is 21.4 Å². The van der Waals surface area contributed by atoms with Crippen molar-refractivity contribution < 1.29 is 13.3 Å². The van der Waals surface area contributed by atoms with Crippen molar-refractivity contribution in [3.05, 3.63) is 46.3 Å². The number of benzene rings is 1. The van der Waals surface area contributed by atoms with Gasteiger partial charge in [-0.1, -0.05) is 0 Å². The Bertz CT molecular complexity index is 1060. The average Bonchev–Trinajstić information content (AvgIpc) is 3.37. The molecular weight excluding hydrogens is 420 g/mol. The Labute approximate surface area is 182 Å². The van der Waals surface area contributed by atoms with Crippen LogP contribution >= 0.6 is 0 Å². The Kier molecular flexibility index (Phi) is 6.00. The molecular formula is C20H28N6O4S. The van der Waals surface area contributed by atoms with Crippen molar-refractivity contribution in [2.24, 2.45) is 13.0 Å². The summed E-state index contributed by atoms with van der Waals surface area (Å²) in [5, 5.41) is 16.0. The molecule has 1 aromatic heterocycles. The minimum Gasteiger partial charge on any atom is -0.366 e. The summed E-state index contributed by atoms with van der Waals surface area (Å²) >= 11 is 0. The summed E-state index contributed by atoms with van der Waals surface area (Å²) in [7, 11) is 0.0697. The quantitative estimate of drug-likeness (QED) is 0.485. The van der Waals surface area contributed by atoms with E-state index in [0.29, 0.717) is 50.9 Å². The Morgan fingerprint density at radius 2 is 1.90 bits per heavy atom. The van der Waals surface area contributed by atoms with Gasteiger partial charge in [0.2, 0.25) is 10.0 Å². The van der Waals surface area contributed by atoms with E-state index in [-0.39, 0.29) is 10.6 Å². The molecule has 0 amide bonds. The minimum atomic E-state index is -3.76. The van der Waals surface area contributed by atoms with E-state index in [4.69, 9.17) is 0 Å². The lowest BCUT2D eigenvalue weighted by Gasteiger charge is -2.31. The summed E-state index contributed by atoms with van der Waals surface area (Å²) in [5.74, 6) is 0.373. The van der Waals surface area contributed by atoms with E-state index in [2.05, 4.69) is 10.00 Å². The molecule has 0 radical (unpaired) electrons. The van der Waals surface area contributed by atoms with E-state index in [1.807, 2.05) is 31.4 Å². The summed E-state index contributed by atoms with van der Waals surface area (Å²) in [6.07, 6.45) is 5.63. The van der Waals surface area contributed by atoms with Crippen molar-refractivity contribution in [3.8, 4) is 0 Å². The number of aromatic nitrogens is 2. The van der Waals surface area contributed by atoms with Crippen molar-refractivity contribution in [3.63, 3.8) is 0 Å². The molecule has 0 spiro atoms. The van der Waals surface area contributed by atoms with Crippen molar-refractivity contribution in [2.75, 3.05) is 51.2 Å². The zero-order valence-electron chi connectivity index (χ0n) is 17.8. The van der Waals surface area contributed by atoms with Gasteiger partial charge >= 0.3 is 0 Å². The maximum Gasteiger partial charge on any atom is 0.293 e. The highest BCUT2D eigenvalue weighted by atomic mass is 32.2. The second-order valence-electron chi connectivity index (χ2n) is 8.44. The maximum atomic E-state index is 13.0. The molecule has 0 saturated carbocycles. The molecule has 4 rings (SSSR count). The molecule has 0 bridgehead atoms. The molecule has 2 aliphatic heterocycles. The van der Waals surface area contributed by atoms with Crippen LogP contribution in [0.15, 0.2) is 35.5 Å². The Morgan fingerprint density at radius 3 is 2.55 bits per heavy atom. The van der Waals surface area contributed by atoms with Crippen LogP contribution in [0.4, 0.5) is 11.4 Å². The lowest BCUT2D eigenvalue weighted by atomic mass is 10.0. The Morgan fingerprint density at radius 1 is 1.16 bits per heavy atom. The van der Waals surface area contributed by atoms with Crippen LogP contribution in [0.25, 0.3) is 0 Å². The molecule has 0 N–H and O–H groups in total. The number of likely N-dealkylation sites (N-methyl/N-ethyl adjacent to an activating group) is 1. The van der Waals surface area contributed by atoms with Gasteiger partial charge in [0, 0.05) is 58.6 Å². The molecule has 31 heavy (non-hydrogen) atoms. The van der Waals surface area contributed by atoms with Crippen LogP contribution in [0.1, 0.15) is 12.0 Å². The van der Waals surface area contributed by atoms with Gasteiger partial charge in [-0.05, 0) is 43.5 Å². The Balaban J connectivity index is 1.53. The van der Waals surface area contributed by atoms with Gasteiger partial charge in [-0.3, -0.25) is 14.8 Å². The van der Waals surface area contributed by atoms with Crippen LogP contribution in [0.3, 0.4) is 0 Å². The number of piperazine rings is 1. The normalized spacial score (nSPS) is 21.0. The van der Waals surface area contributed by atoms with Gasteiger partial charge in [-0.2, -0.15) is 9.40 Å². The molecule has 1 unspecified atom stereocenters. The summed E-state index contributed by atoms with van der Waals surface area (Å²) in [4.78, 5) is 15.4. The molecule has 1 atom stereocenters. The fraction of sp³-hybridized carbons (Fsp3) is 0.550. The highest BCUT2D eigenvalue weighted by Gasteiger charge is 2.32. The number of rotatable bonds is 6. The SMILES string of the molecule is CN1CCN(S(=O)(=O)c2ccc(N3CCC(Cc4cnn(C)c4)C3)c([N+](=O)[O-])c2)CC1. The number of hydrogen-bond acceptors (Lipinski definition) is 7. The first-order valence-corrected chi connectivity index (χ1v) is 11.9. The van der Waals surface area contributed by atoms with Crippen molar-refractivity contribution in [1.29, 1.82) is 0 Å². The highest BCUT2D eigenvalue weighted by Crippen LogP contribution is 2.35. The van der Waals surface area contributed by atoms with Crippen LogP contribution < -0.4 is 4.90 Å². The lowest BCUT2D eigenvalue weighted by molar-refractivity contribution is -0.384. The molecule has 2 saturated heterocycles. The zero-order valence-corrected chi connectivity index (χ0v) is 18.7. The van der Waals surface area contributed by atoms with Crippen LogP contribution in [0.2, 0.25) is 0 Å². The van der Waals surface area contributed by atoms with E-state index in [1.54, 1.807) is 10.7 Å². The third-order valence-electron chi connectivity index (χ3n) is 6.15. The van der Waals surface area contributed by atoms with Crippen LogP contribution in [-0.4, -0.2) is 78.6 Å². The number of hydrogen-bond donors (Lipinski definition) is 0. The number of aryl methyl sites for hydroxylation is 1. The molecule has 2 fully saturated rings. The molecule has 2 aliphatic rings. The van der Waals surface area contributed by atoms with Gasteiger partial charge in [-0.25, -0.2) is 8.42 Å². The van der Waals surface area contributed by atoms with Gasteiger partial charge in [0.15, 0.2) is 0 Å². The molecule has 2 aromatic rings. The largest absolute Gasteiger partial charge is 0.366 e. The third-order valence-corrected chi connectivity index (χ3v) is 8.05. The van der Waals surface area contributed by atoms with Gasteiger partial charge < -0.3 is 9.80 Å². The molecule has 3 heterocycles. The zero-order chi connectivity index (χ0) is 22.2. The third kappa shape index (κ3) is 4.58. The maximum absolute atomic E-state index is 13.0. The molecule has 10 nitrogen and oxygen atoms in total. The fourth-order valence-electron chi connectivity index (χ4n) is 4.38. The smallest absolute Gasteiger partial charge is 0.293 e. The van der Waals surface area contributed by atoms with Gasteiger partial charge in [0.1, 0.15) is 5.69 Å². The summed E-state index contributed by atoms with van der Waals surface area (Å²) in [6.45, 7) is 3.46. The van der Waals surface area contributed by atoms with E-state index in [1.165, 1.54) is 16.4 Å².